The topological polar surface area (TPSA) is 15.3 Å². The quantitative estimate of drug-likeness (QED) is 0.700. The van der Waals surface area contributed by atoms with Crippen LogP contribution in [0.25, 0.3) is 0 Å². The Morgan fingerprint density at radius 2 is 1.75 bits per heavy atom. The van der Waals surface area contributed by atoms with Gasteiger partial charge in [0.15, 0.2) is 0 Å². The highest BCUT2D eigenvalue weighted by molar-refractivity contribution is 4.83. The maximum Gasteiger partial charge on any atom is 0.0242 e. The summed E-state index contributed by atoms with van der Waals surface area (Å²) >= 11 is 0. The van der Waals surface area contributed by atoms with E-state index in [1.165, 1.54) is 44.9 Å². The van der Waals surface area contributed by atoms with E-state index in [4.69, 9.17) is 0 Å². The fourth-order valence-corrected chi connectivity index (χ4v) is 3.76. The monoisotopic (exact) mass is 282 g/mol. The Balaban J connectivity index is 2.46. The molecule has 1 N–H and O–H groups in total. The minimum absolute atomic E-state index is 0.562. The first-order chi connectivity index (χ1) is 9.39. The maximum atomic E-state index is 3.89. The van der Waals surface area contributed by atoms with Crippen molar-refractivity contribution in [1.29, 1.82) is 0 Å². The lowest BCUT2D eigenvalue weighted by Crippen LogP contribution is -2.45. The Labute approximate surface area is 127 Å². The van der Waals surface area contributed by atoms with Crippen molar-refractivity contribution in [2.75, 3.05) is 20.6 Å². The maximum absolute atomic E-state index is 3.89. The van der Waals surface area contributed by atoms with Crippen LogP contribution in [0.4, 0.5) is 0 Å². The van der Waals surface area contributed by atoms with E-state index in [2.05, 4.69) is 52.0 Å². The molecule has 0 amide bonds. The molecule has 2 atom stereocenters. The Bertz CT molecular complexity index is 256. The molecule has 2 nitrogen and oxygen atoms in total. The van der Waals surface area contributed by atoms with Crippen LogP contribution < -0.4 is 5.32 Å². The average Bonchev–Trinajstić information content (AvgIpc) is 2.55. The summed E-state index contributed by atoms with van der Waals surface area (Å²) in [6.45, 7) is 10.7. The molecule has 2 unspecified atom stereocenters. The first kappa shape index (κ1) is 18.0. The van der Waals surface area contributed by atoms with Gasteiger partial charge in [0.25, 0.3) is 0 Å². The van der Waals surface area contributed by atoms with E-state index in [1.54, 1.807) is 0 Å². The standard InChI is InChI=1S/C18H38N2/c1-7-15(8-2)17(20(5)6)14-19-16-10-9-12-18(3,4)13-11-16/h15-17,19H,7-14H2,1-6H3. The molecule has 0 bridgehead atoms. The number of hydrogen-bond donors (Lipinski definition) is 1. The number of hydrogen-bond acceptors (Lipinski definition) is 2. The summed E-state index contributed by atoms with van der Waals surface area (Å²) in [6, 6.07) is 1.43. The van der Waals surface area contributed by atoms with Gasteiger partial charge in [-0.25, -0.2) is 0 Å². The minimum Gasteiger partial charge on any atom is -0.312 e. The molecule has 0 heterocycles. The van der Waals surface area contributed by atoms with Crippen LogP contribution in [0.3, 0.4) is 0 Å². The highest BCUT2D eigenvalue weighted by atomic mass is 15.1. The average molecular weight is 283 g/mol. The summed E-state index contributed by atoms with van der Waals surface area (Å²) in [4.78, 5) is 2.42. The van der Waals surface area contributed by atoms with E-state index in [9.17, 15) is 0 Å². The van der Waals surface area contributed by atoms with Crippen molar-refractivity contribution >= 4 is 0 Å². The normalized spacial score (nSPS) is 24.9. The largest absolute Gasteiger partial charge is 0.312 e. The lowest BCUT2D eigenvalue weighted by molar-refractivity contribution is 0.187. The van der Waals surface area contributed by atoms with Crippen LogP contribution in [-0.4, -0.2) is 37.6 Å². The summed E-state index contributed by atoms with van der Waals surface area (Å²) in [5.74, 6) is 0.819. The van der Waals surface area contributed by atoms with Crippen LogP contribution in [0.15, 0.2) is 0 Å². The van der Waals surface area contributed by atoms with Gasteiger partial charge in [0, 0.05) is 18.6 Å². The zero-order chi connectivity index (χ0) is 15.2. The third kappa shape index (κ3) is 5.73. The third-order valence-corrected chi connectivity index (χ3v) is 5.45. The van der Waals surface area contributed by atoms with Crippen LogP contribution in [0, 0.1) is 11.3 Å². The number of rotatable bonds is 7. The lowest BCUT2D eigenvalue weighted by Gasteiger charge is -2.33. The summed E-state index contributed by atoms with van der Waals surface area (Å²) in [5, 5.41) is 3.89. The molecule has 1 aliphatic rings. The van der Waals surface area contributed by atoms with Crippen LogP contribution in [0.1, 0.15) is 72.6 Å². The van der Waals surface area contributed by atoms with Gasteiger partial charge >= 0.3 is 0 Å². The van der Waals surface area contributed by atoms with Gasteiger partial charge in [-0.05, 0) is 51.1 Å². The van der Waals surface area contributed by atoms with Crippen molar-refractivity contribution in [1.82, 2.24) is 10.2 Å². The van der Waals surface area contributed by atoms with E-state index < -0.39 is 0 Å². The van der Waals surface area contributed by atoms with E-state index >= 15 is 0 Å². The van der Waals surface area contributed by atoms with Crippen molar-refractivity contribution < 1.29 is 0 Å². The molecule has 1 fully saturated rings. The second-order valence-electron chi connectivity index (χ2n) is 7.81. The SMILES string of the molecule is CCC(CC)C(CNC1CCCC(C)(C)CC1)N(C)C. The second kappa shape index (κ2) is 8.38. The summed E-state index contributed by atoms with van der Waals surface area (Å²) in [6.07, 6.45) is 9.47. The molecule has 0 aromatic carbocycles. The lowest BCUT2D eigenvalue weighted by atomic mass is 9.85. The molecule has 120 valence electrons. The van der Waals surface area contributed by atoms with Gasteiger partial charge in [0.2, 0.25) is 0 Å². The van der Waals surface area contributed by atoms with Crippen molar-refractivity contribution in [2.45, 2.75) is 84.7 Å². The number of likely N-dealkylation sites (N-methyl/N-ethyl adjacent to an activating group) is 1. The van der Waals surface area contributed by atoms with Crippen LogP contribution >= 0.6 is 0 Å². The summed E-state index contributed by atoms with van der Waals surface area (Å²) in [5.41, 5.74) is 0.562. The van der Waals surface area contributed by atoms with E-state index in [0.29, 0.717) is 11.5 Å². The first-order valence-corrected chi connectivity index (χ1v) is 8.79. The molecule has 0 spiro atoms. The van der Waals surface area contributed by atoms with Gasteiger partial charge in [0.1, 0.15) is 0 Å². The second-order valence-corrected chi connectivity index (χ2v) is 7.81. The fourth-order valence-electron chi connectivity index (χ4n) is 3.76. The van der Waals surface area contributed by atoms with Gasteiger partial charge in [0.05, 0.1) is 0 Å². The Morgan fingerprint density at radius 3 is 2.30 bits per heavy atom. The van der Waals surface area contributed by atoms with Crippen LogP contribution in [0.2, 0.25) is 0 Å². The first-order valence-electron chi connectivity index (χ1n) is 8.79. The predicted molar refractivity (Wildman–Crippen MR) is 90.2 cm³/mol. The molecule has 0 aliphatic heterocycles. The Morgan fingerprint density at radius 1 is 1.10 bits per heavy atom. The van der Waals surface area contributed by atoms with Crippen LogP contribution in [0.5, 0.6) is 0 Å². The Kier molecular flexibility index (Phi) is 7.53. The van der Waals surface area contributed by atoms with Gasteiger partial charge in [-0.3, -0.25) is 0 Å². The highest BCUT2D eigenvalue weighted by Crippen LogP contribution is 2.33. The smallest absolute Gasteiger partial charge is 0.0242 e. The molecule has 1 rings (SSSR count). The van der Waals surface area contributed by atoms with Gasteiger partial charge in [-0.15, -0.1) is 0 Å². The van der Waals surface area contributed by atoms with Gasteiger partial charge < -0.3 is 10.2 Å². The minimum atomic E-state index is 0.562. The molecule has 0 radical (unpaired) electrons. The molecule has 1 saturated carbocycles. The van der Waals surface area contributed by atoms with E-state index in [1.807, 2.05) is 0 Å². The summed E-state index contributed by atoms with van der Waals surface area (Å²) in [7, 11) is 4.47. The molecule has 0 aromatic rings. The van der Waals surface area contributed by atoms with Crippen molar-refractivity contribution in [2.24, 2.45) is 11.3 Å². The van der Waals surface area contributed by atoms with Crippen molar-refractivity contribution in [3.63, 3.8) is 0 Å². The zero-order valence-electron chi connectivity index (χ0n) is 14.8. The van der Waals surface area contributed by atoms with Crippen molar-refractivity contribution in [3.8, 4) is 0 Å². The summed E-state index contributed by atoms with van der Waals surface area (Å²) < 4.78 is 0. The zero-order valence-corrected chi connectivity index (χ0v) is 14.8. The molecule has 0 saturated heterocycles. The third-order valence-electron chi connectivity index (χ3n) is 5.45. The van der Waals surface area contributed by atoms with Gasteiger partial charge in [-0.1, -0.05) is 47.0 Å². The van der Waals surface area contributed by atoms with Crippen molar-refractivity contribution in [3.05, 3.63) is 0 Å². The van der Waals surface area contributed by atoms with E-state index in [0.717, 1.165) is 18.5 Å². The predicted octanol–water partition coefficient (Wildman–Crippen LogP) is 4.30. The van der Waals surface area contributed by atoms with Crippen LogP contribution in [-0.2, 0) is 0 Å². The van der Waals surface area contributed by atoms with Gasteiger partial charge in [-0.2, -0.15) is 0 Å². The fraction of sp³-hybridized carbons (Fsp3) is 1.00. The molecule has 0 aromatic heterocycles. The Hall–Kier alpha value is -0.0800. The number of nitrogens with zero attached hydrogens (tertiary/aromatic N) is 1. The van der Waals surface area contributed by atoms with E-state index in [-0.39, 0.29) is 0 Å². The number of nitrogens with one attached hydrogen (secondary N) is 1. The molecule has 20 heavy (non-hydrogen) atoms. The molecular formula is C18H38N2. The molecule has 2 heteroatoms. The molecular weight excluding hydrogens is 244 g/mol. The molecule has 1 aliphatic carbocycles. The highest BCUT2D eigenvalue weighted by Gasteiger charge is 2.26.